The number of rotatable bonds is 7. The van der Waals surface area contributed by atoms with Crippen LogP contribution in [0.25, 0.3) is 10.9 Å². The van der Waals surface area contributed by atoms with Crippen LogP contribution in [0, 0.1) is 0 Å². The molecule has 8 heteroatoms. The largest absolute Gasteiger partial charge is 0.493 e. The molecule has 4 rings (SSSR count). The number of anilines is 1. The lowest BCUT2D eigenvalue weighted by molar-refractivity contribution is 0.355. The topological polar surface area (TPSA) is 86.8 Å². The van der Waals surface area contributed by atoms with Crippen molar-refractivity contribution in [3.05, 3.63) is 79.0 Å². The Kier molecular flexibility index (Phi) is 5.64. The molecule has 31 heavy (non-hydrogen) atoms. The van der Waals surface area contributed by atoms with Crippen molar-refractivity contribution in [3.8, 4) is 23.0 Å². The van der Waals surface area contributed by atoms with Crippen LogP contribution in [0.15, 0.2) is 83.9 Å². The molecule has 0 aliphatic heterocycles. The van der Waals surface area contributed by atoms with E-state index in [0.29, 0.717) is 34.2 Å². The summed E-state index contributed by atoms with van der Waals surface area (Å²) >= 11 is 0. The van der Waals surface area contributed by atoms with E-state index < -0.39 is 10.0 Å². The molecular weight excluding hydrogens is 416 g/mol. The molecule has 0 spiro atoms. The van der Waals surface area contributed by atoms with Crippen LogP contribution >= 0.6 is 0 Å². The van der Waals surface area contributed by atoms with Gasteiger partial charge in [0.1, 0.15) is 11.5 Å². The van der Waals surface area contributed by atoms with Crippen LogP contribution in [0.2, 0.25) is 0 Å². The fourth-order valence-electron chi connectivity index (χ4n) is 3.07. The highest BCUT2D eigenvalue weighted by molar-refractivity contribution is 7.92. The van der Waals surface area contributed by atoms with Crippen molar-refractivity contribution in [3.63, 3.8) is 0 Å². The number of fused-ring (bicyclic) bond motifs is 1. The van der Waals surface area contributed by atoms with Gasteiger partial charge in [0.05, 0.1) is 24.6 Å². The number of hydrogen-bond donors (Lipinski definition) is 1. The third-order valence-corrected chi connectivity index (χ3v) is 5.99. The first-order valence-electron chi connectivity index (χ1n) is 9.37. The monoisotopic (exact) mass is 436 g/mol. The van der Waals surface area contributed by atoms with Gasteiger partial charge in [-0.3, -0.25) is 9.71 Å². The zero-order valence-corrected chi connectivity index (χ0v) is 17.7. The second-order valence-corrected chi connectivity index (χ2v) is 8.26. The Hall–Kier alpha value is -3.78. The van der Waals surface area contributed by atoms with Crippen LogP contribution < -0.4 is 18.9 Å². The molecule has 0 amide bonds. The fourth-order valence-corrected chi connectivity index (χ4v) is 4.15. The molecule has 0 aliphatic rings. The summed E-state index contributed by atoms with van der Waals surface area (Å²) in [7, 11) is -0.521. The summed E-state index contributed by atoms with van der Waals surface area (Å²) < 4.78 is 44.2. The van der Waals surface area contributed by atoms with Gasteiger partial charge in [0.25, 0.3) is 10.0 Å². The molecule has 1 heterocycles. The van der Waals surface area contributed by atoms with Crippen LogP contribution in [0.3, 0.4) is 0 Å². The maximum absolute atomic E-state index is 12.5. The number of benzene rings is 3. The van der Waals surface area contributed by atoms with Crippen molar-refractivity contribution in [2.75, 3.05) is 18.9 Å². The number of aromatic nitrogens is 1. The smallest absolute Gasteiger partial charge is 0.261 e. The van der Waals surface area contributed by atoms with Gasteiger partial charge in [-0.15, -0.1) is 0 Å². The highest BCUT2D eigenvalue weighted by atomic mass is 32.2. The molecule has 0 aliphatic carbocycles. The van der Waals surface area contributed by atoms with Gasteiger partial charge in [0, 0.05) is 23.3 Å². The van der Waals surface area contributed by atoms with E-state index in [2.05, 4.69) is 9.71 Å². The first-order valence-corrected chi connectivity index (χ1v) is 10.8. The molecule has 0 unspecified atom stereocenters. The van der Waals surface area contributed by atoms with E-state index in [1.165, 1.54) is 12.1 Å². The molecule has 158 valence electrons. The second kappa shape index (κ2) is 8.53. The first kappa shape index (κ1) is 20.5. The number of hydrogen-bond acceptors (Lipinski definition) is 6. The van der Waals surface area contributed by atoms with Crippen molar-refractivity contribution in [1.82, 2.24) is 4.98 Å². The molecule has 4 aromatic rings. The van der Waals surface area contributed by atoms with E-state index in [4.69, 9.17) is 14.2 Å². The predicted octanol–water partition coefficient (Wildman–Crippen LogP) is 4.85. The van der Waals surface area contributed by atoms with Gasteiger partial charge in [0.15, 0.2) is 11.5 Å². The zero-order valence-electron chi connectivity index (χ0n) is 16.9. The SMILES string of the molecule is COc1cc2nccc(Oc3ccc(NS(=O)(=O)c4ccccc4)cc3)c2cc1OC. The van der Waals surface area contributed by atoms with E-state index in [0.717, 1.165) is 5.39 Å². The van der Waals surface area contributed by atoms with Gasteiger partial charge < -0.3 is 14.2 Å². The van der Waals surface area contributed by atoms with E-state index in [1.807, 2.05) is 0 Å². The zero-order chi connectivity index (χ0) is 21.8. The Morgan fingerprint density at radius 3 is 2.16 bits per heavy atom. The number of pyridine rings is 1. The van der Waals surface area contributed by atoms with Gasteiger partial charge in [-0.2, -0.15) is 0 Å². The summed E-state index contributed by atoms with van der Waals surface area (Å²) in [6, 6.07) is 20.2. The van der Waals surface area contributed by atoms with Crippen molar-refractivity contribution < 1.29 is 22.6 Å². The molecule has 0 saturated carbocycles. The molecule has 0 radical (unpaired) electrons. The minimum Gasteiger partial charge on any atom is -0.493 e. The minimum atomic E-state index is -3.65. The van der Waals surface area contributed by atoms with E-state index in [-0.39, 0.29) is 4.90 Å². The number of sulfonamides is 1. The van der Waals surface area contributed by atoms with E-state index in [9.17, 15) is 8.42 Å². The fraction of sp³-hybridized carbons (Fsp3) is 0.0870. The average molecular weight is 436 g/mol. The minimum absolute atomic E-state index is 0.197. The van der Waals surface area contributed by atoms with Crippen molar-refractivity contribution in [1.29, 1.82) is 0 Å². The Labute approximate surface area is 180 Å². The van der Waals surface area contributed by atoms with Gasteiger partial charge in [0.2, 0.25) is 0 Å². The van der Waals surface area contributed by atoms with Crippen molar-refractivity contribution >= 4 is 26.6 Å². The Balaban J connectivity index is 1.58. The maximum Gasteiger partial charge on any atom is 0.261 e. The van der Waals surface area contributed by atoms with Crippen LogP contribution in [0.4, 0.5) is 5.69 Å². The average Bonchev–Trinajstić information content (AvgIpc) is 2.80. The summed E-state index contributed by atoms with van der Waals surface area (Å²) in [6.07, 6.45) is 1.64. The Morgan fingerprint density at radius 2 is 1.48 bits per heavy atom. The molecular formula is C23H20N2O5S. The van der Waals surface area contributed by atoms with Gasteiger partial charge in [-0.05, 0) is 48.5 Å². The maximum atomic E-state index is 12.5. The number of ether oxygens (including phenoxy) is 3. The molecule has 1 aromatic heterocycles. The lowest BCUT2D eigenvalue weighted by Crippen LogP contribution is -2.12. The standard InChI is InChI=1S/C23H20N2O5S/c1-28-22-14-19-20(15-23(22)29-2)24-13-12-21(19)30-17-10-8-16(9-11-17)25-31(26,27)18-6-4-3-5-7-18/h3-15,25H,1-2H3. The summed E-state index contributed by atoms with van der Waals surface area (Å²) in [6.45, 7) is 0. The summed E-state index contributed by atoms with van der Waals surface area (Å²) in [4.78, 5) is 4.56. The first-order chi connectivity index (χ1) is 15.0. The third-order valence-electron chi connectivity index (χ3n) is 4.59. The van der Waals surface area contributed by atoms with E-state index in [1.54, 1.807) is 81.1 Å². The molecule has 0 saturated heterocycles. The lowest BCUT2D eigenvalue weighted by Gasteiger charge is -2.13. The molecule has 0 bridgehead atoms. The van der Waals surface area contributed by atoms with Crippen LogP contribution in [0.5, 0.6) is 23.0 Å². The highest BCUT2D eigenvalue weighted by Crippen LogP contribution is 2.37. The van der Waals surface area contributed by atoms with Crippen LogP contribution in [0.1, 0.15) is 0 Å². The summed E-state index contributed by atoms with van der Waals surface area (Å²) in [5.41, 5.74) is 1.13. The predicted molar refractivity (Wildman–Crippen MR) is 119 cm³/mol. The summed E-state index contributed by atoms with van der Waals surface area (Å²) in [5.74, 6) is 2.28. The molecule has 7 nitrogen and oxygen atoms in total. The van der Waals surface area contributed by atoms with Crippen molar-refractivity contribution in [2.45, 2.75) is 4.90 Å². The van der Waals surface area contributed by atoms with Crippen LogP contribution in [-0.2, 0) is 10.0 Å². The third kappa shape index (κ3) is 4.39. The normalized spacial score (nSPS) is 11.2. The van der Waals surface area contributed by atoms with E-state index >= 15 is 0 Å². The molecule has 1 N–H and O–H groups in total. The Morgan fingerprint density at radius 1 is 0.806 bits per heavy atom. The van der Waals surface area contributed by atoms with Gasteiger partial charge in [-0.25, -0.2) is 8.42 Å². The second-order valence-electron chi connectivity index (χ2n) is 6.58. The number of nitrogens with zero attached hydrogens (tertiary/aromatic N) is 1. The van der Waals surface area contributed by atoms with Gasteiger partial charge in [-0.1, -0.05) is 18.2 Å². The summed E-state index contributed by atoms with van der Waals surface area (Å²) in [5, 5.41) is 0.758. The molecule has 0 atom stereocenters. The Bertz CT molecular complexity index is 1310. The van der Waals surface area contributed by atoms with Gasteiger partial charge >= 0.3 is 0 Å². The number of methoxy groups -OCH3 is 2. The molecule has 3 aromatic carbocycles. The quantitative estimate of drug-likeness (QED) is 0.446. The van der Waals surface area contributed by atoms with Crippen LogP contribution in [-0.4, -0.2) is 27.6 Å². The van der Waals surface area contributed by atoms with Crippen molar-refractivity contribution in [2.24, 2.45) is 0 Å². The number of nitrogens with one attached hydrogen (secondary N) is 1. The lowest BCUT2D eigenvalue weighted by atomic mass is 10.2. The molecule has 0 fully saturated rings. The highest BCUT2D eigenvalue weighted by Gasteiger charge is 2.14.